The number of aromatic nitrogens is 3. The maximum atomic E-state index is 12.7. The lowest BCUT2D eigenvalue weighted by atomic mass is 9.98. The van der Waals surface area contributed by atoms with E-state index in [1.54, 1.807) is 17.1 Å². The maximum absolute atomic E-state index is 12.7. The monoisotopic (exact) mass is 341 g/mol. The Balaban J connectivity index is 1.48. The van der Waals surface area contributed by atoms with Gasteiger partial charge < -0.3 is 14.2 Å². The number of nitrogens with zero attached hydrogens (tertiary/aromatic N) is 5. The SMILES string of the molecule is Cn1cnc(C(=O)N2CC[C@@H]3OCCN(Cc4ccncc4)[C@@H]3C2)c1. The Kier molecular flexibility index (Phi) is 4.50. The highest BCUT2D eigenvalue weighted by atomic mass is 16.5. The van der Waals surface area contributed by atoms with E-state index in [4.69, 9.17) is 4.74 Å². The molecule has 1 amide bonds. The van der Waals surface area contributed by atoms with Gasteiger partial charge in [-0.25, -0.2) is 4.98 Å². The lowest BCUT2D eigenvalue weighted by Crippen LogP contribution is -2.60. The molecule has 4 heterocycles. The second-order valence-electron chi connectivity index (χ2n) is 6.77. The first-order chi connectivity index (χ1) is 12.2. The molecule has 0 radical (unpaired) electrons. The van der Waals surface area contributed by atoms with Crippen LogP contribution in [0, 0.1) is 0 Å². The molecule has 0 bridgehead atoms. The minimum absolute atomic E-state index is 0.00786. The maximum Gasteiger partial charge on any atom is 0.274 e. The van der Waals surface area contributed by atoms with Crippen LogP contribution in [0.2, 0.25) is 0 Å². The summed E-state index contributed by atoms with van der Waals surface area (Å²) in [7, 11) is 1.88. The van der Waals surface area contributed by atoms with Crippen LogP contribution in [0.3, 0.4) is 0 Å². The lowest BCUT2D eigenvalue weighted by molar-refractivity contribution is -0.101. The quantitative estimate of drug-likeness (QED) is 0.831. The van der Waals surface area contributed by atoms with Gasteiger partial charge >= 0.3 is 0 Å². The normalized spacial score (nSPS) is 24.1. The number of imidazole rings is 1. The number of carbonyl (C=O) groups excluding carboxylic acids is 1. The highest BCUT2D eigenvalue weighted by Crippen LogP contribution is 2.25. The van der Waals surface area contributed by atoms with Crippen molar-refractivity contribution in [1.82, 2.24) is 24.3 Å². The van der Waals surface area contributed by atoms with Crippen molar-refractivity contribution >= 4 is 5.91 Å². The predicted molar refractivity (Wildman–Crippen MR) is 91.9 cm³/mol. The van der Waals surface area contributed by atoms with Gasteiger partial charge in [0, 0.05) is 51.8 Å². The molecular weight excluding hydrogens is 318 g/mol. The van der Waals surface area contributed by atoms with Crippen LogP contribution in [0.5, 0.6) is 0 Å². The number of amides is 1. The van der Waals surface area contributed by atoms with Crippen LogP contribution in [0.1, 0.15) is 22.5 Å². The lowest BCUT2D eigenvalue weighted by Gasteiger charge is -2.47. The zero-order valence-electron chi connectivity index (χ0n) is 14.4. The summed E-state index contributed by atoms with van der Waals surface area (Å²) in [4.78, 5) is 25.4. The number of hydrogen-bond donors (Lipinski definition) is 0. The number of ether oxygens (including phenoxy) is 1. The third-order valence-corrected chi connectivity index (χ3v) is 5.05. The first-order valence-corrected chi connectivity index (χ1v) is 8.72. The van der Waals surface area contributed by atoms with Gasteiger partial charge in [0.05, 0.1) is 25.1 Å². The molecule has 4 rings (SSSR count). The van der Waals surface area contributed by atoms with Crippen molar-refractivity contribution in [3.63, 3.8) is 0 Å². The molecular formula is C18H23N5O2. The zero-order chi connectivity index (χ0) is 17.2. The fourth-order valence-electron chi connectivity index (χ4n) is 3.73. The van der Waals surface area contributed by atoms with Crippen LogP contribution in [-0.2, 0) is 18.3 Å². The third kappa shape index (κ3) is 3.43. The largest absolute Gasteiger partial charge is 0.375 e. The summed E-state index contributed by atoms with van der Waals surface area (Å²) in [6.45, 7) is 3.90. The number of hydrogen-bond acceptors (Lipinski definition) is 5. The van der Waals surface area contributed by atoms with E-state index in [2.05, 4.69) is 14.9 Å². The molecule has 0 N–H and O–H groups in total. The van der Waals surface area contributed by atoms with Crippen molar-refractivity contribution in [3.8, 4) is 0 Å². The van der Waals surface area contributed by atoms with Gasteiger partial charge in [-0.2, -0.15) is 0 Å². The molecule has 2 aromatic heterocycles. The highest BCUT2D eigenvalue weighted by molar-refractivity contribution is 5.92. The summed E-state index contributed by atoms with van der Waals surface area (Å²) < 4.78 is 7.78. The second kappa shape index (κ2) is 6.93. The summed E-state index contributed by atoms with van der Waals surface area (Å²) >= 11 is 0. The third-order valence-electron chi connectivity index (χ3n) is 5.05. The van der Waals surface area contributed by atoms with Crippen molar-refractivity contribution in [1.29, 1.82) is 0 Å². The Bertz CT molecular complexity index is 732. The van der Waals surface area contributed by atoms with Gasteiger partial charge in [-0.3, -0.25) is 14.7 Å². The molecule has 0 saturated carbocycles. The van der Waals surface area contributed by atoms with Crippen LogP contribution < -0.4 is 0 Å². The number of piperidine rings is 1. The molecule has 25 heavy (non-hydrogen) atoms. The Morgan fingerprint density at radius 3 is 2.92 bits per heavy atom. The number of carbonyl (C=O) groups is 1. The van der Waals surface area contributed by atoms with E-state index in [9.17, 15) is 4.79 Å². The number of aryl methyl sites for hydroxylation is 1. The molecule has 2 atom stereocenters. The molecule has 2 saturated heterocycles. The van der Waals surface area contributed by atoms with Gasteiger partial charge in [0.1, 0.15) is 5.69 Å². The molecule has 132 valence electrons. The minimum atomic E-state index is 0.00786. The number of likely N-dealkylation sites (tertiary alicyclic amines) is 1. The smallest absolute Gasteiger partial charge is 0.274 e. The number of pyridine rings is 1. The average molecular weight is 341 g/mol. The molecule has 0 unspecified atom stereocenters. The summed E-state index contributed by atoms with van der Waals surface area (Å²) in [5.74, 6) is 0.00786. The van der Waals surface area contributed by atoms with Gasteiger partial charge in [0.2, 0.25) is 0 Å². The Morgan fingerprint density at radius 1 is 1.32 bits per heavy atom. The van der Waals surface area contributed by atoms with Crippen molar-refractivity contribution in [2.45, 2.75) is 25.1 Å². The molecule has 0 aromatic carbocycles. The van der Waals surface area contributed by atoms with Crippen LogP contribution in [0.15, 0.2) is 37.1 Å². The van der Waals surface area contributed by atoms with Gasteiger partial charge in [-0.05, 0) is 24.1 Å². The topological polar surface area (TPSA) is 63.5 Å². The molecule has 2 aromatic rings. The van der Waals surface area contributed by atoms with Crippen LogP contribution >= 0.6 is 0 Å². The molecule has 7 heteroatoms. The van der Waals surface area contributed by atoms with Crippen molar-refractivity contribution in [2.75, 3.05) is 26.2 Å². The zero-order valence-corrected chi connectivity index (χ0v) is 14.4. The number of fused-ring (bicyclic) bond motifs is 1. The molecule has 7 nitrogen and oxygen atoms in total. The van der Waals surface area contributed by atoms with Crippen LogP contribution in [0.25, 0.3) is 0 Å². The van der Waals surface area contributed by atoms with Gasteiger partial charge in [-0.1, -0.05) is 0 Å². The van der Waals surface area contributed by atoms with Crippen molar-refractivity contribution in [2.24, 2.45) is 7.05 Å². The molecule has 2 aliphatic heterocycles. The van der Waals surface area contributed by atoms with E-state index in [0.29, 0.717) is 12.2 Å². The van der Waals surface area contributed by atoms with Crippen LogP contribution in [0.4, 0.5) is 0 Å². The van der Waals surface area contributed by atoms with Gasteiger partial charge in [0.25, 0.3) is 5.91 Å². The number of rotatable bonds is 3. The van der Waals surface area contributed by atoms with Gasteiger partial charge in [-0.15, -0.1) is 0 Å². The summed E-state index contributed by atoms with van der Waals surface area (Å²) in [5.41, 5.74) is 1.75. The van der Waals surface area contributed by atoms with Crippen molar-refractivity contribution < 1.29 is 9.53 Å². The Labute approximate surface area is 147 Å². The van der Waals surface area contributed by atoms with Crippen LogP contribution in [-0.4, -0.2) is 68.6 Å². The standard InChI is InChI=1S/C18H23N5O2/c1-21-11-15(20-13-21)18(24)23-7-4-17-16(12-23)22(8-9-25-17)10-14-2-5-19-6-3-14/h2-3,5-6,11,13,16-17H,4,7-10,12H2,1H3/t16-,17+/m1/s1. The summed E-state index contributed by atoms with van der Waals surface area (Å²) in [5, 5.41) is 0. The first kappa shape index (κ1) is 16.2. The number of morpholine rings is 1. The second-order valence-corrected chi connectivity index (χ2v) is 6.77. The Hall–Kier alpha value is -2.25. The fourth-order valence-corrected chi connectivity index (χ4v) is 3.73. The minimum Gasteiger partial charge on any atom is -0.375 e. The van der Waals surface area contributed by atoms with E-state index in [-0.39, 0.29) is 18.1 Å². The summed E-state index contributed by atoms with van der Waals surface area (Å²) in [6, 6.07) is 4.32. The van der Waals surface area contributed by atoms with Crippen molar-refractivity contribution in [3.05, 3.63) is 48.3 Å². The van der Waals surface area contributed by atoms with E-state index >= 15 is 0 Å². The highest BCUT2D eigenvalue weighted by Gasteiger charge is 2.38. The fraction of sp³-hybridized carbons (Fsp3) is 0.500. The van der Waals surface area contributed by atoms with E-state index in [1.165, 1.54) is 5.56 Å². The Morgan fingerprint density at radius 2 is 2.16 bits per heavy atom. The van der Waals surface area contributed by atoms with E-state index in [1.807, 2.05) is 36.5 Å². The average Bonchev–Trinajstić information content (AvgIpc) is 3.08. The first-order valence-electron chi connectivity index (χ1n) is 8.72. The van der Waals surface area contributed by atoms with E-state index in [0.717, 1.165) is 32.7 Å². The predicted octanol–water partition coefficient (Wildman–Crippen LogP) is 0.931. The molecule has 2 fully saturated rings. The van der Waals surface area contributed by atoms with E-state index < -0.39 is 0 Å². The molecule has 0 spiro atoms. The van der Waals surface area contributed by atoms with Gasteiger partial charge in [0.15, 0.2) is 0 Å². The molecule has 2 aliphatic rings. The molecule has 0 aliphatic carbocycles. The summed E-state index contributed by atoms with van der Waals surface area (Å²) in [6.07, 6.45) is 8.16.